The van der Waals surface area contributed by atoms with E-state index in [1.54, 1.807) is 0 Å². The Morgan fingerprint density at radius 1 is 0.694 bits per heavy atom. The van der Waals surface area contributed by atoms with Crippen molar-refractivity contribution in [3.8, 4) is 33.6 Å². The van der Waals surface area contributed by atoms with Crippen molar-refractivity contribution in [2.24, 2.45) is 5.41 Å². The first kappa shape index (κ1) is 36.5. The van der Waals surface area contributed by atoms with Gasteiger partial charge in [0.15, 0.2) is 0 Å². The minimum Gasteiger partial charge on any atom is -0.305 e. The van der Waals surface area contributed by atoms with E-state index in [1.807, 2.05) is 41.8 Å². The van der Waals surface area contributed by atoms with Crippen molar-refractivity contribution in [2.75, 3.05) is 0 Å². The average molecular weight is 853 g/mol. The maximum Gasteiger partial charge on any atom is 0.0798 e. The summed E-state index contributed by atoms with van der Waals surface area (Å²) in [6.07, 6.45) is 5.11. The van der Waals surface area contributed by atoms with Gasteiger partial charge in [0.1, 0.15) is 0 Å². The smallest absolute Gasteiger partial charge is 0.0798 e. The number of aryl methyl sites for hydroxylation is 2. The molecule has 5 heteroatoms. The van der Waals surface area contributed by atoms with Crippen molar-refractivity contribution in [3.63, 3.8) is 0 Å². The number of hydrogen-bond donors (Lipinski definition) is 0. The summed E-state index contributed by atoms with van der Waals surface area (Å²) in [5.74, 6) is 0. The van der Waals surface area contributed by atoms with Crippen LogP contribution < -0.4 is 5.19 Å². The van der Waals surface area contributed by atoms with E-state index in [0.717, 1.165) is 28.9 Å². The van der Waals surface area contributed by atoms with Crippen molar-refractivity contribution in [1.29, 1.82) is 0 Å². The zero-order chi connectivity index (χ0) is 34.1. The van der Waals surface area contributed by atoms with Gasteiger partial charge < -0.3 is 9.97 Å². The molecule has 0 saturated carbocycles. The van der Waals surface area contributed by atoms with Crippen LogP contribution in [-0.2, 0) is 26.5 Å². The molecule has 0 fully saturated rings. The summed E-state index contributed by atoms with van der Waals surface area (Å²) in [5.41, 5.74) is 11.0. The summed E-state index contributed by atoms with van der Waals surface area (Å²) in [4.78, 5) is 9.40. The number of benzene rings is 4. The molecule has 0 aliphatic heterocycles. The molecule has 0 atom stereocenters. The summed E-state index contributed by atoms with van der Waals surface area (Å²) in [7, 11) is -1.27. The molecule has 0 N–H and O–H groups in total. The quantitative estimate of drug-likeness (QED) is 0.127. The molecular weight excluding hydrogens is 809 g/mol. The summed E-state index contributed by atoms with van der Waals surface area (Å²) in [6, 6.07) is 40.7. The maximum absolute atomic E-state index is 4.82. The van der Waals surface area contributed by atoms with Gasteiger partial charge in [0.2, 0.25) is 0 Å². The Balaban J connectivity index is 0.000000221. The minimum atomic E-state index is -1.27. The van der Waals surface area contributed by atoms with Crippen molar-refractivity contribution in [2.45, 2.75) is 60.7 Å². The van der Waals surface area contributed by atoms with E-state index in [1.165, 1.54) is 53.2 Å². The second kappa shape index (κ2) is 15.0. The van der Waals surface area contributed by atoms with Gasteiger partial charge in [-0.15, -0.1) is 59.7 Å². The third-order valence-electron chi connectivity index (χ3n) is 8.64. The van der Waals surface area contributed by atoms with Crippen molar-refractivity contribution in [3.05, 3.63) is 138 Å². The molecule has 1 radical (unpaired) electrons. The first-order valence-corrected chi connectivity index (χ1v) is 21.0. The molecule has 0 spiro atoms. The summed E-state index contributed by atoms with van der Waals surface area (Å²) < 4.78 is 2.59. The van der Waals surface area contributed by atoms with Gasteiger partial charge in [-0.1, -0.05) is 118 Å². The molecule has 7 aromatic rings. The Kier molecular flexibility index (Phi) is 11.2. The Hall–Kier alpha value is -3.73. The number of rotatable bonds is 5. The van der Waals surface area contributed by atoms with Crippen LogP contribution in [-0.4, -0.2) is 18.0 Å². The van der Waals surface area contributed by atoms with Crippen LogP contribution in [0.15, 0.2) is 109 Å². The molecule has 4 aromatic carbocycles. The molecule has 0 aliphatic rings. The number of pyridine rings is 2. The van der Waals surface area contributed by atoms with E-state index in [2.05, 4.69) is 150 Å². The topological polar surface area (TPSA) is 25.8 Å². The van der Waals surface area contributed by atoms with Gasteiger partial charge in [0.05, 0.1) is 8.07 Å². The Morgan fingerprint density at radius 3 is 2.08 bits per heavy atom. The Morgan fingerprint density at radius 2 is 1.41 bits per heavy atom. The van der Waals surface area contributed by atoms with E-state index in [4.69, 9.17) is 4.98 Å². The number of thiophene rings is 1. The van der Waals surface area contributed by atoms with Crippen LogP contribution in [0.3, 0.4) is 0 Å². The van der Waals surface area contributed by atoms with Gasteiger partial charge in [0.25, 0.3) is 0 Å². The molecule has 0 saturated heterocycles. The molecular formula is C44H44IrN2SSi-2. The molecule has 3 aromatic heterocycles. The fraction of sp³-hybridized carbons (Fsp3) is 0.227. The second-order valence-electron chi connectivity index (χ2n) is 14.9. The number of nitrogens with zero attached hydrogens (tertiary/aromatic N) is 2. The van der Waals surface area contributed by atoms with Crippen molar-refractivity contribution >= 4 is 44.8 Å². The van der Waals surface area contributed by atoms with E-state index in [-0.39, 0.29) is 25.5 Å². The van der Waals surface area contributed by atoms with E-state index in [9.17, 15) is 0 Å². The standard InChI is InChI=1S/C29H26NS.C15H18NSi.Ir/c1-19-18-30-26(16-21(19)17-29(2,3)4)25-15-9-14-24-23-13-8-12-22(27(23)31-28(24)25)20-10-6-5-7-11-20;1-12-10-14(13-8-6-5-7-9-13)16-11-15(12)17(2,3)4;/h5-14,16,18H,17H2,1-4H3;5-8,10-11H,1-4H3;/q2*-1;. The summed E-state index contributed by atoms with van der Waals surface area (Å²) >= 11 is 1.86. The van der Waals surface area contributed by atoms with Gasteiger partial charge in [-0.05, 0) is 69.0 Å². The number of fused-ring (bicyclic) bond motifs is 3. The van der Waals surface area contributed by atoms with Crippen LogP contribution in [0.1, 0.15) is 37.5 Å². The molecule has 0 unspecified atom stereocenters. The largest absolute Gasteiger partial charge is 0.305 e. The number of hydrogen-bond acceptors (Lipinski definition) is 3. The van der Waals surface area contributed by atoms with Crippen LogP contribution in [0.2, 0.25) is 19.6 Å². The summed E-state index contributed by atoms with van der Waals surface area (Å²) in [5, 5.41) is 4.03. The molecule has 3 heterocycles. The first-order chi connectivity index (χ1) is 22.9. The van der Waals surface area contributed by atoms with E-state index >= 15 is 0 Å². The van der Waals surface area contributed by atoms with Gasteiger partial charge in [-0.25, -0.2) is 0 Å². The van der Waals surface area contributed by atoms with Crippen LogP contribution in [0, 0.1) is 31.4 Å². The second-order valence-corrected chi connectivity index (χ2v) is 20.9. The third-order valence-corrected chi connectivity index (χ3v) is 12.1. The zero-order valence-electron chi connectivity index (χ0n) is 29.7. The van der Waals surface area contributed by atoms with Crippen LogP contribution in [0.4, 0.5) is 0 Å². The van der Waals surface area contributed by atoms with E-state index < -0.39 is 8.07 Å². The average Bonchev–Trinajstić information content (AvgIpc) is 3.45. The molecule has 0 amide bonds. The Labute approximate surface area is 311 Å². The third kappa shape index (κ3) is 8.36. The zero-order valence-corrected chi connectivity index (χ0v) is 33.9. The predicted molar refractivity (Wildman–Crippen MR) is 211 cm³/mol. The molecule has 2 nitrogen and oxygen atoms in total. The van der Waals surface area contributed by atoms with Gasteiger partial charge >= 0.3 is 0 Å². The normalized spacial score (nSPS) is 11.6. The monoisotopic (exact) mass is 853 g/mol. The van der Waals surface area contributed by atoms with E-state index in [0.29, 0.717) is 0 Å². The molecule has 0 bridgehead atoms. The maximum atomic E-state index is 4.82. The molecule has 49 heavy (non-hydrogen) atoms. The molecule has 7 rings (SSSR count). The minimum absolute atomic E-state index is 0. The van der Waals surface area contributed by atoms with Gasteiger partial charge in [-0.2, -0.15) is 11.3 Å². The van der Waals surface area contributed by atoms with Crippen LogP contribution >= 0.6 is 11.3 Å². The van der Waals surface area contributed by atoms with Crippen molar-refractivity contribution in [1.82, 2.24) is 9.97 Å². The number of aromatic nitrogens is 2. The van der Waals surface area contributed by atoms with Gasteiger partial charge in [0, 0.05) is 37.2 Å². The van der Waals surface area contributed by atoms with Gasteiger partial charge in [-0.3, -0.25) is 0 Å². The Bertz CT molecular complexity index is 2190. The molecule has 251 valence electrons. The van der Waals surface area contributed by atoms with Crippen molar-refractivity contribution < 1.29 is 20.1 Å². The van der Waals surface area contributed by atoms with Crippen LogP contribution in [0.25, 0.3) is 53.8 Å². The van der Waals surface area contributed by atoms with Crippen LogP contribution in [0.5, 0.6) is 0 Å². The summed E-state index contributed by atoms with van der Waals surface area (Å²) in [6.45, 7) is 18.3. The fourth-order valence-corrected chi connectivity index (χ4v) is 9.35. The predicted octanol–water partition coefficient (Wildman–Crippen LogP) is 11.9. The fourth-order valence-electron chi connectivity index (χ4n) is 6.30. The SMILES string of the molecule is Cc1cc(-c2[c-]cccc2)ncc1[Si](C)(C)C.Cc1cnc(-c2[c-]ccc3c2sc2c(-c4ccccc4)cccc23)cc1CC(C)(C)C.[Ir]. The molecule has 0 aliphatic carbocycles. The first-order valence-electron chi connectivity index (χ1n) is 16.7.